The van der Waals surface area contributed by atoms with Crippen LogP contribution >= 0.6 is 27.5 Å². The summed E-state index contributed by atoms with van der Waals surface area (Å²) in [5.41, 5.74) is 6.34. The van der Waals surface area contributed by atoms with Crippen LogP contribution in [0.15, 0.2) is 39.7 Å². The summed E-state index contributed by atoms with van der Waals surface area (Å²) in [6.07, 6.45) is 0. The Bertz CT molecular complexity index is 812. The SMILES string of the molecule is Cc1c(Cl)cccc1NS(=O)(=O)c1cc(Br)c(F)cc1N. The first-order valence-corrected chi connectivity index (χ1v) is 8.40. The number of benzene rings is 2. The topological polar surface area (TPSA) is 72.2 Å². The molecule has 112 valence electrons. The number of hydrogen-bond donors (Lipinski definition) is 2. The highest BCUT2D eigenvalue weighted by atomic mass is 79.9. The second kappa shape index (κ2) is 5.82. The van der Waals surface area contributed by atoms with E-state index in [4.69, 9.17) is 17.3 Å². The molecule has 0 aromatic heterocycles. The molecule has 0 saturated heterocycles. The van der Waals surface area contributed by atoms with Crippen LogP contribution < -0.4 is 10.5 Å². The highest BCUT2D eigenvalue weighted by molar-refractivity contribution is 9.10. The van der Waals surface area contributed by atoms with Crippen LogP contribution in [0.1, 0.15) is 5.56 Å². The average Bonchev–Trinajstić information content (AvgIpc) is 2.39. The number of sulfonamides is 1. The lowest BCUT2D eigenvalue weighted by Crippen LogP contribution is -2.16. The van der Waals surface area contributed by atoms with Crippen LogP contribution in [0.5, 0.6) is 0 Å². The Morgan fingerprint density at radius 3 is 2.67 bits per heavy atom. The predicted molar refractivity (Wildman–Crippen MR) is 85.5 cm³/mol. The zero-order valence-electron chi connectivity index (χ0n) is 10.8. The molecule has 2 rings (SSSR count). The van der Waals surface area contributed by atoms with Crippen LogP contribution in [0.25, 0.3) is 0 Å². The lowest BCUT2D eigenvalue weighted by Gasteiger charge is -2.13. The van der Waals surface area contributed by atoms with E-state index in [0.717, 1.165) is 12.1 Å². The van der Waals surface area contributed by atoms with Crippen LogP contribution in [0.3, 0.4) is 0 Å². The summed E-state index contributed by atoms with van der Waals surface area (Å²) < 4.78 is 40.5. The highest BCUT2D eigenvalue weighted by Gasteiger charge is 2.21. The van der Waals surface area contributed by atoms with Gasteiger partial charge in [0.05, 0.1) is 15.8 Å². The average molecular weight is 394 g/mol. The molecule has 0 heterocycles. The van der Waals surface area contributed by atoms with Gasteiger partial charge in [0.2, 0.25) is 0 Å². The van der Waals surface area contributed by atoms with Crippen LogP contribution in [-0.2, 0) is 10.0 Å². The Morgan fingerprint density at radius 1 is 1.33 bits per heavy atom. The predicted octanol–water partition coefficient (Wildman–Crippen LogP) is 3.93. The van der Waals surface area contributed by atoms with Crippen molar-refractivity contribution >= 4 is 48.9 Å². The summed E-state index contributed by atoms with van der Waals surface area (Å²) in [7, 11) is -3.95. The van der Waals surface area contributed by atoms with Crippen molar-refractivity contribution in [2.75, 3.05) is 10.5 Å². The Hall–Kier alpha value is -1.31. The van der Waals surface area contributed by atoms with Crippen molar-refractivity contribution < 1.29 is 12.8 Å². The first kappa shape index (κ1) is 16.1. The summed E-state index contributed by atoms with van der Waals surface area (Å²) in [4.78, 5) is -0.213. The van der Waals surface area contributed by atoms with Gasteiger partial charge < -0.3 is 5.73 Å². The van der Waals surface area contributed by atoms with Gasteiger partial charge in [-0.2, -0.15) is 0 Å². The molecule has 0 bridgehead atoms. The van der Waals surface area contributed by atoms with Crippen molar-refractivity contribution in [1.82, 2.24) is 0 Å². The minimum absolute atomic E-state index is 0.0138. The van der Waals surface area contributed by atoms with Gasteiger partial charge in [-0.1, -0.05) is 17.7 Å². The number of rotatable bonds is 3. The maximum Gasteiger partial charge on any atom is 0.263 e. The second-order valence-corrected chi connectivity index (χ2v) is 7.23. The molecule has 4 nitrogen and oxygen atoms in total. The monoisotopic (exact) mass is 392 g/mol. The standard InChI is InChI=1S/C13H11BrClFN2O2S/c1-7-9(15)3-2-4-12(7)18-21(19,20)13-5-8(14)10(16)6-11(13)17/h2-6,18H,17H2,1H3. The van der Waals surface area contributed by atoms with E-state index in [2.05, 4.69) is 20.7 Å². The van der Waals surface area contributed by atoms with Gasteiger partial charge in [-0.15, -0.1) is 0 Å². The van der Waals surface area contributed by atoms with Crippen LogP contribution in [0.2, 0.25) is 5.02 Å². The van der Waals surface area contributed by atoms with Gasteiger partial charge in [0.25, 0.3) is 10.0 Å². The Morgan fingerprint density at radius 2 is 2.00 bits per heavy atom. The van der Waals surface area contributed by atoms with E-state index >= 15 is 0 Å². The molecule has 2 aromatic carbocycles. The molecule has 8 heteroatoms. The molecule has 0 amide bonds. The molecule has 0 aliphatic carbocycles. The molecule has 0 atom stereocenters. The maximum absolute atomic E-state index is 13.3. The Labute approximate surface area is 135 Å². The summed E-state index contributed by atoms with van der Waals surface area (Å²) in [5.74, 6) is -0.634. The van der Waals surface area contributed by atoms with E-state index in [-0.39, 0.29) is 15.1 Å². The minimum Gasteiger partial charge on any atom is -0.398 e. The van der Waals surface area contributed by atoms with Gasteiger partial charge in [-0.05, 0) is 52.7 Å². The molecular weight excluding hydrogens is 383 g/mol. The fourth-order valence-corrected chi connectivity index (χ4v) is 3.63. The van der Waals surface area contributed by atoms with Gasteiger partial charge in [-0.25, -0.2) is 12.8 Å². The van der Waals surface area contributed by atoms with Crippen LogP contribution in [0, 0.1) is 12.7 Å². The number of anilines is 2. The van der Waals surface area contributed by atoms with Crippen molar-refractivity contribution in [1.29, 1.82) is 0 Å². The minimum atomic E-state index is -3.95. The lowest BCUT2D eigenvalue weighted by molar-refractivity contribution is 0.599. The third-order valence-corrected chi connectivity index (χ3v) is 5.29. The first-order valence-electron chi connectivity index (χ1n) is 5.75. The largest absolute Gasteiger partial charge is 0.398 e. The third-order valence-electron chi connectivity index (χ3n) is 2.85. The van der Waals surface area contributed by atoms with Gasteiger partial charge in [0, 0.05) is 5.02 Å². The number of halogens is 3. The zero-order valence-corrected chi connectivity index (χ0v) is 14.0. The Balaban J connectivity index is 2.48. The van der Waals surface area contributed by atoms with E-state index in [1.165, 1.54) is 0 Å². The second-order valence-electron chi connectivity index (χ2n) is 4.32. The normalized spacial score (nSPS) is 11.4. The molecule has 0 aliphatic rings. The van der Waals surface area contributed by atoms with E-state index < -0.39 is 15.8 Å². The van der Waals surface area contributed by atoms with Gasteiger partial charge in [-0.3, -0.25) is 4.72 Å². The molecule has 0 saturated carbocycles. The van der Waals surface area contributed by atoms with Gasteiger partial charge in [0.15, 0.2) is 0 Å². The molecular formula is C13H11BrClFN2O2S. The molecule has 2 aromatic rings. The van der Waals surface area contributed by atoms with Crippen molar-refractivity contribution in [3.8, 4) is 0 Å². The van der Waals surface area contributed by atoms with Crippen molar-refractivity contribution in [2.24, 2.45) is 0 Å². The smallest absolute Gasteiger partial charge is 0.263 e. The summed E-state index contributed by atoms with van der Waals surface area (Å²) in [6, 6.07) is 6.92. The molecule has 0 unspecified atom stereocenters. The highest BCUT2D eigenvalue weighted by Crippen LogP contribution is 2.30. The molecule has 21 heavy (non-hydrogen) atoms. The molecule has 0 aliphatic heterocycles. The summed E-state index contributed by atoms with van der Waals surface area (Å²) in [6.45, 7) is 1.68. The fraction of sp³-hybridized carbons (Fsp3) is 0.0769. The van der Waals surface area contributed by atoms with Crippen molar-refractivity contribution in [3.05, 3.63) is 51.2 Å². The third kappa shape index (κ3) is 3.30. The number of nitrogens with two attached hydrogens (primary N) is 1. The zero-order chi connectivity index (χ0) is 15.8. The van der Waals surface area contributed by atoms with E-state index in [1.807, 2.05) is 0 Å². The van der Waals surface area contributed by atoms with Crippen LogP contribution in [-0.4, -0.2) is 8.42 Å². The quantitative estimate of drug-likeness (QED) is 0.776. The molecule has 0 spiro atoms. The molecule has 0 fully saturated rings. The van der Waals surface area contributed by atoms with E-state index in [9.17, 15) is 12.8 Å². The number of hydrogen-bond acceptors (Lipinski definition) is 3. The molecule has 0 radical (unpaired) electrons. The number of nitrogen functional groups attached to an aromatic ring is 1. The van der Waals surface area contributed by atoms with Crippen molar-refractivity contribution in [3.63, 3.8) is 0 Å². The molecule has 3 N–H and O–H groups in total. The summed E-state index contributed by atoms with van der Waals surface area (Å²) in [5, 5.41) is 0.434. The van der Waals surface area contributed by atoms with Crippen LogP contribution in [0.4, 0.5) is 15.8 Å². The van der Waals surface area contributed by atoms with E-state index in [0.29, 0.717) is 16.3 Å². The van der Waals surface area contributed by atoms with Gasteiger partial charge >= 0.3 is 0 Å². The van der Waals surface area contributed by atoms with Crippen molar-refractivity contribution in [2.45, 2.75) is 11.8 Å². The number of nitrogens with one attached hydrogen (secondary N) is 1. The van der Waals surface area contributed by atoms with E-state index in [1.54, 1.807) is 25.1 Å². The Kier molecular flexibility index (Phi) is 4.46. The fourth-order valence-electron chi connectivity index (χ4n) is 1.69. The maximum atomic E-state index is 13.3. The van der Waals surface area contributed by atoms with Gasteiger partial charge in [0.1, 0.15) is 10.7 Å². The summed E-state index contributed by atoms with van der Waals surface area (Å²) >= 11 is 8.89. The first-order chi connectivity index (χ1) is 9.72. The lowest BCUT2D eigenvalue weighted by atomic mass is 10.2.